The minimum absolute atomic E-state index is 0.0993. The maximum Gasteiger partial charge on any atom is 0.0950 e. The van der Waals surface area contributed by atoms with E-state index in [0.29, 0.717) is 12.6 Å². The maximum absolute atomic E-state index is 6.11. The Morgan fingerprint density at radius 1 is 1.30 bits per heavy atom. The Hall–Kier alpha value is -0.900. The fourth-order valence-corrected chi connectivity index (χ4v) is 2.40. The SMILES string of the molecule is Cc1ccc(C(CNC(C)C)OCC2CCCO2)cc1. The topological polar surface area (TPSA) is 30.5 Å². The summed E-state index contributed by atoms with van der Waals surface area (Å²) >= 11 is 0. The average Bonchev–Trinajstić information content (AvgIpc) is 2.93. The Labute approximate surface area is 122 Å². The van der Waals surface area contributed by atoms with Crippen LogP contribution in [0.25, 0.3) is 0 Å². The molecule has 1 heterocycles. The van der Waals surface area contributed by atoms with Crippen molar-refractivity contribution in [1.82, 2.24) is 5.32 Å². The van der Waals surface area contributed by atoms with Gasteiger partial charge in [-0.1, -0.05) is 43.7 Å². The molecule has 2 atom stereocenters. The molecule has 1 aromatic carbocycles. The Kier molecular flexibility index (Phi) is 6.02. The number of hydrogen-bond acceptors (Lipinski definition) is 3. The van der Waals surface area contributed by atoms with E-state index in [4.69, 9.17) is 9.47 Å². The first kappa shape index (κ1) is 15.5. The molecule has 1 fully saturated rings. The number of aryl methyl sites for hydroxylation is 1. The quantitative estimate of drug-likeness (QED) is 0.830. The van der Waals surface area contributed by atoms with Crippen LogP contribution >= 0.6 is 0 Å². The Balaban J connectivity index is 1.93. The van der Waals surface area contributed by atoms with Gasteiger partial charge in [-0.2, -0.15) is 0 Å². The zero-order chi connectivity index (χ0) is 14.4. The molecule has 0 radical (unpaired) electrons. The molecular formula is C17H27NO2. The molecule has 0 aliphatic carbocycles. The molecule has 1 N–H and O–H groups in total. The predicted octanol–water partition coefficient (Wildman–Crippen LogP) is 3.23. The van der Waals surface area contributed by atoms with Crippen LogP contribution in [0.5, 0.6) is 0 Å². The molecule has 2 unspecified atom stereocenters. The minimum Gasteiger partial charge on any atom is -0.376 e. The van der Waals surface area contributed by atoms with Gasteiger partial charge in [0.05, 0.1) is 18.8 Å². The summed E-state index contributed by atoms with van der Waals surface area (Å²) in [7, 11) is 0. The summed E-state index contributed by atoms with van der Waals surface area (Å²) in [6.07, 6.45) is 2.66. The number of nitrogens with one attached hydrogen (secondary N) is 1. The lowest BCUT2D eigenvalue weighted by molar-refractivity contribution is -0.0214. The molecule has 0 amide bonds. The molecule has 20 heavy (non-hydrogen) atoms. The number of rotatable bonds is 7. The van der Waals surface area contributed by atoms with Crippen LogP contribution in [0.1, 0.15) is 43.9 Å². The van der Waals surface area contributed by atoms with Gasteiger partial charge in [0.1, 0.15) is 0 Å². The molecule has 3 heteroatoms. The van der Waals surface area contributed by atoms with Gasteiger partial charge in [-0.3, -0.25) is 0 Å². The van der Waals surface area contributed by atoms with E-state index < -0.39 is 0 Å². The smallest absolute Gasteiger partial charge is 0.0950 e. The third-order valence-corrected chi connectivity index (χ3v) is 3.67. The number of benzene rings is 1. The molecule has 0 spiro atoms. The Morgan fingerprint density at radius 2 is 2.05 bits per heavy atom. The first-order chi connectivity index (χ1) is 9.65. The summed E-state index contributed by atoms with van der Waals surface area (Å²) in [6.45, 7) is 8.84. The lowest BCUT2D eigenvalue weighted by Gasteiger charge is -2.22. The first-order valence-electron chi connectivity index (χ1n) is 7.68. The van der Waals surface area contributed by atoms with E-state index in [1.165, 1.54) is 11.1 Å². The molecule has 0 saturated carbocycles. The van der Waals surface area contributed by atoms with Crippen molar-refractivity contribution in [3.05, 3.63) is 35.4 Å². The maximum atomic E-state index is 6.11. The molecule has 0 bridgehead atoms. The second kappa shape index (κ2) is 7.77. The van der Waals surface area contributed by atoms with Gasteiger partial charge in [-0.25, -0.2) is 0 Å². The van der Waals surface area contributed by atoms with Crippen molar-refractivity contribution in [2.75, 3.05) is 19.8 Å². The number of ether oxygens (including phenoxy) is 2. The third kappa shape index (κ3) is 4.89. The third-order valence-electron chi connectivity index (χ3n) is 3.67. The lowest BCUT2D eigenvalue weighted by Crippen LogP contribution is -2.30. The highest BCUT2D eigenvalue weighted by Gasteiger charge is 2.19. The summed E-state index contributed by atoms with van der Waals surface area (Å²) in [6, 6.07) is 9.09. The standard InChI is InChI=1S/C17H27NO2/c1-13(2)18-11-17(15-8-6-14(3)7-9-15)20-12-16-5-4-10-19-16/h6-9,13,16-18H,4-5,10-12H2,1-3H3. The van der Waals surface area contributed by atoms with Crippen LogP contribution in [0.15, 0.2) is 24.3 Å². The fraction of sp³-hybridized carbons (Fsp3) is 0.647. The summed E-state index contributed by atoms with van der Waals surface area (Å²) in [5.74, 6) is 0. The monoisotopic (exact) mass is 277 g/mol. The molecule has 1 aliphatic heterocycles. The van der Waals surface area contributed by atoms with Crippen molar-refractivity contribution in [1.29, 1.82) is 0 Å². The molecule has 1 aromatic rings. The molecular weight excluding hydrogens is 250 g/mol. The van der Waals surface area contributed by atoms with E-state index in [9.17, 15) is 0 Å². The highest BCUT2D eigenvalue weighted by atomic mass is 16.5. The van der Waals surface area contributed by atoms with Crippen LogP contribution in [0.4, 0.5) is 0 Å². The van der Waals surface area contributed by atoms with Crippen molar-refractivity contribution in [2.45, 2.75) is 51.9 Å². The van der Waals surface area contributed by atoms with Gasteiger partial charge in [-0.05, 0) is 25.3 Å². The van der Waals surface area contributed by atoms with Crippen molar-refractivity contribution >= 4 is 0 Å². The highest BCUT2D eigenvalue weighted by molar-refractivity contribution is 5.23. The van der Waals surface area contributed by atoms with E-state index in [1.807, 2.05) is 0 Å². The van der Waals surface area contributed by atoms with Gasteiger partial charge in [0.15, 0.2) is 0 Å². The highest BCUT2D eigenvalue weighted by Crippen LogP contribution is 2.20. The van der Waals surface area contributed by atoms with Gasteiger partial charge >= 0.3 is 0 Å². The zero-order valence-corrected chi connectivity index (χ0v) is 12.9. The van der Waals surface area contributed by atoms with E-state index in [0.717, 1.165) is 26.0 Å². The van der Waals surface area contributed by atoms with E-state index in [2.05, 4.69) is 50.4 Å². The zero-order valence-electron chi connectivity index (χ0n) is 12.9. The Morgan fingerprint density at radius 3 is 2.65 bits per heavy atom. The van der Waals surface area contributed by atoms with E-state index in [-0.39, 0.29) is 12.2 Å². The van der Waals surface area contributed by atoms with Crippen LogP contribution in [-0.4, -0.2) is 31.9 Å². The molecule has 0 aromatic heterocycles. The van der Waals surface area contributed by atoms with Gasteiger partial charge in [-0.15, -0.1) is 0 Å². The van der Waals surface area contributed by atoms with E-state index in [1.54, 1.807) is 0 Å². The molecule has 3 nitrogen and oxygen atoms in total. The summed E-state index contributed by atoms with van der Waals surface area (Å²) in [5.41, 5.74) is 2.52. The van der Waals surface area contributed by atoms with Crippen molar-refractivity contribution < 1.29 is 9.47 Å². The minimum atomic E-state index is 0.0993. The Bertz CT molecular complexity index is 382. The van der Waals surface area contributed by atoms with E-state index >= 15 is 0 Å². The second-order valence-electron chi connectivity index (χ2n) is 5.93. The second-order valence-corrected chi connectivity index (χ2v) is 5.93. The van der Waals surface area contributed by atoms with Crippen LogP contribution in [-0.2, 0) is 9.47 Å². The molecule has 2 rings (SSSR count). The predicted molar refractivity (Wildman–Crippen MR) is 82.0 cm³/mol. The summed E-state index contributed by atoms with van der Waals surface area (Å²) in [5, 5.41) is 3.47. The van der Waals surface area contributed by atoms with Gasteiger partial charge in [0.25, 0.3) is 0 Å². The number of hydrogen-bond donors (Lipinski definition) is 1. The lowest BCUT2D eigenvalue weighted by atomic mass is 10.1. The van der Waals surface area contributed by atoms with Crippen molar-refractivity contribution in [3.63, 3.8) is 0 Å². The van der Waals surface area contributed by atoms with Crippen LogP contribution in [0, 0.1) is 6.92 Å². The molecule has 112 valence electrons. The average molecular weight is 277 g/mol. The van der Waals surface area contributed by atoms with Crippen LogP contribution in [0.3, 0.4) is 0 Å². The van der Waals surface area contributed by atoms with Gasteiger partial charge in [0.2, 0.25) is 0 Å². The van der Waals surface area contributed by atoms with Gasteiger partial charge < -0.3 is 14.8 Å². The van der Waals surface area contributed by atoms with Crippen LogP contribution in [0.2, 0.25) is 0 Å². The summed E-state index contributed by atoms with van der Waals surface area (Å²) in [4.78, 5) is 0. The van der Waals surface area contributed by atoms with Crippen LogP contribution < -0.4 is 5.32 Å². The first-order valence-corrected chi connectivity index (χ1v) is 7.68. The largest absolute Gasteiger partial charge is 0.376 e. The van der Waals surface area contributed by atoms with Gasteiger partial charge in [0, 0.05) is 19.2 Å². The summed E-state index contributed by atoms with van der Waals surface area (Å²) < 4.78 is 11.8. The van der Waals surface area contributed by atoms with Crippen molar-refractivity contribution in [2.24, 2.45) is 0 Å². The fourth-order valence-electron chi connectivity index (χ4n) is 2.40. The molecule has 1 aliphatic rings. The normalized spacial score (nSPS) is 20.5. The molecule has 1 saturated heterocycles. The van der Waals surface area contributed by atoms with Crippen molar-refractivity contribution in [3.8, 4) is 0 Å².